The van der Waals surface area contributed by atoms with E-state index in [9.17, 15) is 28.8 Å². The lowest BCUT2D eigenvalue weighted by atomic mass is 9.77. The second-order valence-electron chi connectivity index (χ2n) is 36.5. The monoisotopic (exact) mass is 1510 g/mol. The van der Waals surface area contributed by atoms with E-state index in [1.807, 2.05) is 125 Å². The number of carbonyl (C=O) groups is 6. The second kappa shape index (κ2) is 35.1. The molecule has 4 rings (SSSR count). The Morgan fingerprint density at radius 2 is 0.519 bits per heavy atom. The number of hydrogen-bond donors (Lipinski definition) is 0. The van der Waals surface area contributed by atoms with E-state index in [1.165, 1.54) is 20.8 Å². The molecule has 24 nitrogen and oxygen atoms in total. The Kier molecular flexibility index (Phi) is 29.7. The highest BCUT2D eigenvalue weighted by Crippen LogP contribution is 2.51. The molecule has 0 bridgehead atoms. The highest BCUT2D eigenvalue weighted by Gasteiger charge is 2.40. The van der Waals surface area contributed by atoms with Gasteiger partial charge in [0.05, 0.1) is 59.3 Å². The van der Waals surface area contributed by atoms with Gasteiger partial charge in [-0.25, -0.2) is 56.9 Å². The average Bonchev–Trinajstić information content (AvgIpc) is 0.748. The molecule has 0 atom stereocenters. The van der Waals surface area contributed by atoms with Crippen molar-refractivity contribution in [2.24, 2.45) is 0 Å². The van der Waals surface area contributed by atoms with Gasteiger partial charge in [0, 0.05) is 86.1 Å². The van der Waals surface area contributed by atoms with Gasteiger partial charge in [-0.1, -0.05) is 144 Å². The molecule has 0 N–H and O–H groups in total. The van der Waals surface area contributed by atoms with Crippen molar-refractivity contribution in [3.63, 3.8) is 0 Å². The summed E-state index contributed by atoms with van der Waals surface area (Å²) in [4.78, 5) is 130. The first-order valence-corrected chi connectivity index (χ1v) is 36.6. The normalized spacial score (nSPS) is 12.5. The van der Waals surface area contributed by atoms with E-state index < -0.39 is 122 Å². The predicted octanol–water partition coefficient (Wildman–Crippen LogP) is 16.7. The molecule has 0 fully saturated rings. The third-order valence-electron chi connectivity index (χ3n) is 16.0. The Morgan fingerprint density at radius 1 is 0.315 bits per heavy atom. The zero-order chi connectivity index (χ0) is 82.9. The lowest BCUT2D eigenvalue weighted by Crippen LogP contribution is -2.55. The zero-order valence-electron chi connectivity index (χ0n) is 70.3. The van der Waals surface area contributed by atoms with Gasteiger partial charge >= 0.3 is 53.4 Å². The topological polar surface area (TPSA) is 279 Å². The summed E-state index contributed by atoms with van der Waals surface area (Å²) in [5.74, 6) is -1.36. The van der Waals surface area contributed by atoms with Crippen LogP contribution in [0.5, 0.6) is 34.5 Å². The van der Waals surface area contributed by atoms with Crippen LogP contribution in [0.25, 0.3) is 0 Å². The van der Waals surface area contributed by atoms with Gasteiger partial charge in [0.1, 0.15) is 51.3 Å². The lowest BCUT2D eigenvalue weighted by Gasteiger charge is -2.33. The summed E-state index contributed by atoms with van der Waals surface area (Å²) in [5.41, 5.74) is -8.41. The molecule has 0 saturated heterocycles. The predicted molar refractivity (Wildman–Crippen MR) is 416 cm³/mol. The van der Waals surface area contributed by atoms with Crippen LogP contribution in [-0.2, 0) is 94.9 Å². The molecule has 0 aliphatic rings. The molecule has 0 unspecified atom stereocenters. The van der Waals surface area contributed by atoms with Crippen molar-refractivity contribution < 1.29 is 85.6 Å². The van der Waals surface area contributed by atoms with E-state index in [2.05, 4.69) is 19.7 Å². The highest BCUT2D eigenvalue weighted by atomic mass is 16.7. The van der Waals surface area contributed by atoms with E-state index in [-0.39, 0.29) is 127 Å². The molecule has 0 aliphatic carbocycles. The van der Waals surface area contributed by atoms with Crippen molar-refractivity contribution in [1.82, 2.24) is 13.7 Å². The average molecular weight is 1510 g/mol. The van der Waals surface area contributed by atoms with Crippen molar-refractivity contribution in [1.29, 1.82) is 0 Å². The van der Waals surface area contributed by atoms with Crippen LogP contribution in [0.2, 0.25) is 0 Å². The third-order valence-corrected chi connectivity index (χ3v) is 16.0. The van der Waals surface area contributed by atoms with Gasteiger partial charge in [-0.2, -0.15) is 0 Å². The minimum absolute atomic E-state index is 0.0838. The molecule has 0 radical (unpaired) electrons. The van der Waals surface area contributed by atoms with Gasteiger partial charge in [0.15, 0.2) is 0 Å². The van der Waals surface area contributed by atoms with E-state index in [1.54, 1.807) is 80.5 Å². The Morgan fingerprint density at radius 3 is 0.685 bits per heavy atom. The van der Waals surface area contributed by atoms with Crippen molar-refractivity contribution >= 4 is 36.4 Å². The fourth-order valence-corrected chi connectivity index (χ4v) is 11.2. The Hall–Kier alpha value is -9.09. The van der Waals surface area contributed by atoms with Gasteiger partial charge in [-0.3, -0.25) is 0 Å². The van der Waals surface area contributed by atoms with Crippen LogP contribution < -0.4 is 45.5 Å². The smallest absolute Gasteiger partial charge is 0.493 e. The summed E-state index contributed by atoms with van der Waals surface area (Å²) in [6, 6.07) is 5.04. The molecule has 0 aliphatic heterocycles. The summed E-state index contributed by atoms with van der Waals surface area (Å²) in [6.07, 6.45) is -2.70. The molecule has 600 valence electrons. The zero-order valence-corrected chi connectivity index (χ0v) is 70.3. The first-order valence-electron chi connectivity index (χ1n) is 36.6. The number of hydrogen-bond acceptors (Lipinski definition) is 21. The van der Waals surface area contributed by atoms with Gasteiger partial charge in [0.2, 0.25) is 0 Å². The number of aromatic nitrogens is 3. The van der Waals surface area contributed by atoms with Crippen molar-refractivity contribution in [2.75, 3.05) is 39.6 Å². The maximum atomic E-state index is 16.5. The summed E-state index contributed by atoms with van der Waals surface area (Å²) in [6.45, 7) is 62.2. The van der Waals surface area contributed by atoms with Gasteiger partial charge in [-0.15, -0.1) is 0 Å². The summed E-state index contributed by atoms with van der Waals surface area (Å²) >= 11 is 0. The number of nitrogens with zero attached hydrogens (tertiary/aromatic N) is 3. The van der Waals surface area contributed by atoms with Crippen LogP contribution in [0, 0.1) is 0 Å². The Labute approximate surface area is 639 Å². The first kappa shape index (κ1) is 91.3. The number of ether oxygens (including phenoxy) is 12. The van der Waals surface area contributed by atoms with Gasteiger partial charge in [-0.05, 0) is 134 Å². The summed E-state index contributed by atoms with van der Waals surface area (Å²) in [5, 5.41) is 0. The summed E-state index contributed by atoms with van der Waals surface area (Å²) in [7, 11) is 0. The van der Waals surface area contributed by atoms with Crippen molar-refractivity contribution in [3.05, 3.63) is 136 Å². The molecule has 4 aromatic rings. The molecule has 24 heteroatoms. The number of esters is 3. The second-order valence-corrected chi connectivity index (χ2v) is 36.5. The largest absolute Gasteiger partial charge is 0.514 e. The van der Waals surface area contributed by atoms with Crippen LogP contribution in [0.1, 0.15) is 277 Å². The molecule has 1 aromatic heterocycles. The van der Waals surface area contributed by atoms with Gasteiger partial charge in [0.25, 0.3) is 0 Å². The first-order chi connectivity index (χ1) is 49.0. The number of rotatable bonds is 27. The van der Waals surface area contributed by atoms with Crippen LogP contribution in [-0.4, -0.2) is 107 Å². The molecule has 1 heterocycles. The number of carbonyl (C=O) groups excluding carboxylic acids is 6. The third kappa shape index (κ3) is 25.8. The van der Waals surface area contributed by atoms with Crippen LogP contribution in [0.15, 0.2) is 69.0 Å². The van der Waals surface area contributed by atoms with E-state index >= 15 is 14.4 Å². The fraction of sp³-hybridized carbons (Fsp3) is 0.607. The quantitative estimate of drug-likeness (QED) is 0.0176. The van der Waals surface area contributed by atoms with Crippen molar-refractivity contribution in [3.8, 4) is 34.5 Å². The molecular weight excluding hydrogens is 1390 g/mol. The number of benzene rings is 3. The highest BCUT2D eigenvalue weighted by molar-refractivity contribution is 5.88. The van der Waals surface area contributed by atoms with Crippen LogP contribution in [0.4, 0.5) is 14.4 Å². The van der Waals surface area contributed by atoms with Gasteiger partial charge < -0.3 is 56.8 Å². The summed E-state index contributed by atoms with van der Waals surface area (Å²) < 4.78 is 75.9. The van der Waals surface area contributed by atoms with Crippen molar-refractivity contribution in [2.45, 2.75) is 296 Å². The van der Waals surface area contributed by atoms with Crippen LogP contribution in [0.3, 0.4) is 0 Å². The lowest BCUT2D eigenvalue weighted by molar-refractivity contribution is -0.140. The molecule has 0 saturated carbocycles. The molecule has 0 spiro atoms. The van der Waals surface area contributed by atoms with E-state index in [4.69, 9.17) is 56.8 Å². The molecule has 108 heavy (non-hydrogen) atoms. The fourth-order valence-electron chi connectivity index (χ4n) is 11.2. The minimum atomic E-state index is -1.11. The minimum Gasteiger partial charge on any atom is -0.493 e. The standard InChI is InChI=1S/C84H123N3O21/c1-49(2)67(88)100-40-34-37-97-61-52(43-55(76(7,8)9)64(58(61)79(16,17)18)103-73(94)106-82(25,26)27)46-85-70(91)86(47-53-44-56(77(10,11)12)65(104-74(95)107-83(28,29)30)59(80(19,20)21)62(53)98-38-35-41-101-68(89)50(3)4)72(93)87(71(85)92)48-54-45-57(78(13,14)15)66(105-75(96)108-84(31,32)33)60(81(22,23)24)63(54)99-39-36-42-102-69(90)51(5)6/h43-45H,1,3,5,34-42,46-48H2,2,4,6-33H3. The van der Waals surface area contributed by atoms with E-state index in [0.29, 0.717) is 33.4 Å². The molecular formula is C84H123N3O21. The Balaban J connectivity index is 2.49. The molecule has 3 aromatic carbocycles. The SMILES string of the molecule is C=C(C)C(=O)OCCCOc1c(Cn2c(=O)n(Cc3cc(C(C)(C)C)c(OC(=O)OC(C)(C)C)c(C(C)(C)C)c3OCCCOC(=O)C(=C)C)c(=O)n(Cc3cc(C(C)(C)C)c(OC(=O)OC(C)(C)C)c(C(C)(C)C)c3OCCCOC(=O)C(=C)C)c2=O)cc(C(C)(C)C)c(OC(=O)OC(C)(C)C)c1C(C)(C)C. The maximum absolute atomic E-state index is 16.5. The van der Waals surface area contributed by atoms with Crippen LogP contribution >= 0.6 is 0 Å². The molecule has 0 amide bonds. The van der Waals surface area contributed by atoms with E-state index in [0.717, 1.165) is 13.7 Å². The Bertz CT molecular complexity index is 3770. The maximum Gasteiger partial charge on any atom is 0.514 e.